The molecule has 0 aliphatic rings. The zero-order valence-electron chi connectivity index (χ0n) is 11.8. The molecule has 0 fully saturated rings. The van der Waals surface area contributed by atoms with Crippen LogP contribution in [0.2, 0.25) is 0 Å². The minimum absolute atomic E-state index is 0.709. The van der Waals surface area contributed by atoms with Gasteiger partial charge in [-0.05, 0) is 30.5 Å². The van der Waals surface area contributed by atoms with Gasteiger partial charge in [0.1, 0.15) is 5.69 Å². The maximum absolute atomic E-state index is 6.05. The summed E-state index contributed by atoms with van der Waals surface area (Å²) in [6, 6.07) is 14.3. The number of hydrogen-bond donors (Lipinski definition) is 1. The van der Waals surface area contributed by atoms with Gasteiger partial charge in [-0.1, -0.05) is 30.3 Å². The molecule has 2 N–H and O–H groups in total. The van der Waals surface area contributed by atoms with Crippen LogP contribution >= 0.6 is 0 Å². The molecule has 0 amide bonds. The van der Waals surface area contributed by atoms with Crippen molar-refractivity contribution in [1.82, 2.24) is 14.8 Å². The van der Waals surface area contributed by atoms with Gasteiger partial charge >= 0.3 is 0 Å². The minimum atomic E-state index is 0.709. The average Bonchev–Trinajstić information content (AvgIpc) is 2.90. The highest BCUT2D eigenvalue weighted by molar-refractivity contribution is 5.71. The Hall–Kier alpha value is -2.62. The molecule has 1 aromatic carbocycles. The molecule has 2 aromatic heterocycles. The third kappa shape index (κ3) is 3.28. The van der Waals surface area contributed by atoms with Crippen molar-refractivity contribution in [3.8, 4) is 11.3 Å². The van der Waals surface area contributed by atoms with Crippen molar-refractivity contribution >= 4 is 5.69 Å². The third-order valence-electron chi connectivity index (χ3n) is 3.44. The summed E-state index contributed by atoms with van der Waals surface area (Å²) in [5, 5.41) is 4.58. The quantitative estimate of drug-likeness (QED) is 0.780. The number of pyridine rings is 1. The largest absolute Gasteiger partial charge is 0.396 e. The first-order chi connectivity index (χ1) is 10.3. The summed E-state index contributed by atoms with van der Waals surface area (Å²) in [7, 11) is 0. The molecule has 0 aliphatic heterocycles. The first kappa shape index (κ1) is 13.4. The summed E-state index contributed by atoms with van der Waals surface area (Å²) >= 11 is 0. The number of nitrogens with zero attached hydrogens (tertiary/aromatic N) is 3. The van der Waals surface area contributed by atoms with Crippen molar-refractivity contribution in [3.63, 3.8) is 0 Å². The molecule has 0 aliphatic carbocycles. The molecule has 0 spiro atoms. The number of nitrogens with two attached hydrogens (primary N) is 1. The van der Waals surface area contributed by atoms with Gasteiger partial charge in [0.25, 0.3) is 0 Å². The third-order valence-corrected chi connectivity index (χ3v) is 3.44. The lowest BCUT2D eigenvalue weighted by Crippen LogP contribution is -2.00. The van der Waals surface area contributed by atoms with E-state index in [9.17, 15) is 0 Å². The zero-order chi connectivity index (χ0) is 14.5. The summed E-state index contributed by atoms with van der Waals surface area (Å²) in [5.41, 5.74) is 9.95. The smallest absolute Gasteiger partial charge is 0.115 e. The second-order valence-electron chi connectivity index (χ2n) is 5.02. The lowest BCUT2D eigenvalue weighted by atomic mass is 10.1. The fourth-order valence-electron chi connectivity index (χ4n) is 2.38. The molecular formula is C17H18N4. The number of hydrogen-bond acceptors (Lipinski definition) is 3. The summed E-state index contributed by atoms with van der Waals surface area (Å²) in [5.74, 6) is 0. The molecule has 0 atom stereocenters. The normalized spacial score (nSPS) is 10.7. The molecule has 0 saturated carbocycles. The van der Waals surface area contributed by atoms with Gasteiger partial charge in [0.05, 0.1) is 5.69 Å². The predicted octanol–water partition coefficient (Wildman–Crippen LogP) is 3.16. The van der Waals surface area contributed by atoms with Gasteiger partial charge in [0.15, 0.2) is 0 Å². The van der Waals surface area contributed by atoms with Crippen LogP contribution in [0.3, 0.4) is 0 Å². The van der Waals surface area contributed by atoms with Crippen molar-refractivity contribution in [2.24, 2.45) is 0 Å². The van der Waals surface area contributed by atoms with Gasteiger partial charge in [0, 0.05) is 30.7 Å². The van der Waals surface area contributed by atoms with Crippen LogP contribution in [-0.2, 0) is 13.0 Å². The Kier molecular flexibility index (Phi) is 3.96. The van der Waals surface area contributed by atoms with Crippen molar-refractivity contribution in [2.75, 3.05) is 5.73 Å². The molecule has 0 saturated heterocycles. The van der Waals surface area contributed by atoms with E-state index in [0.717, 1.165) is 30.6 Å². The fraction of sp³-hybridized carbons (Fsp3) is 0.176. The second kappa shape index (κ2) is 6.22. The Labute approximate surface area is 124 Å². The maximum Gasteiger partial charge on any atom is 0.115 e. The van der Waals surface area contributed by atoms with Gasteiger partial charge in [-0.2, -0.15) is 5.10 Å². The Balaban J connectivity index is 1.65. The van der Waals surface area contributed by atoms with Crippen LogP contribution in [0, 0.1) is 0 Å². The van der Waals surface area contributed by atoms with E-state index < -0.39 is 0 Å². The van der Waals surface area contributed by atoms with Crippen LogP contribution < -0.4 is 5.73 Å². The Bertz CT molecular complexity index is 689. The number of rotatable bonds is 5. The average molecular weight is 278 g/mol. The number of nitrogen functional groups attached to an aromatic ring is 1. The molecule has 106 valence electrons. The lowest BCUT2D eigenvalue weighted by Gasteiger charge is -2.02. The summed E-state index contributed by atoms with van der Waals surface area (Å²) in [6.07, 6.45) is 7.50. The SMILES string of the molecule is Nc1cn(CCCc2ccccc2)nc1-c1ccncc1. The summed E-state index contributed by atoms with van der Waals surface area (Å²) in [4.78, 5) is 4.02. The number of anilines is 1. The fourth-order valence-corrected chi connectivity index (χ4v) is 2.38. The molecule has 3 aromatic rings. The molecule has 0 bridgehead atoms. The van der Waals surface area contributed by atoms with E-state index in [-0.39, 0.29) is 0 Å². The van der Waals surface area contributed by atoms with Gasteiger partial charge < -0.3 is 5.73 Å². The van der Waals surface area contributed by atoms with Gasteiger partial charge in [0.2, 0.25) is 0 Å². The Morgan fingerprint density at radius 3 is 2.52 bits per heavy atom. The highest BCUT2D eigenvalue weighted by Crippen LogP contribution is 2.23. The molecule has 4 heteroatoms. The molecule has 0 unspecified atom stereocenters. The lowest BCUT2D eigenvalue weighted by molar-refractivity contribution is 0.580. The van der Waals surface area contributed by atoms with Crippen LogP contribution in [0.25, 0.3) is 11.3 Å². The number of aryl methyl sites for hydroxylation is 2. The summed E-state index contributed by atoms with van der Waals surface area (Å²) < 4.78 is 1.92. The molecule has 3 rings (SSSR count). The van der Waals surface area contributed by atoms with E-state index in [1.807, 2.05) is 29.1 Å². The zero-order valence-corrected chi connectivity index (χ0v) is 11.8. The second-order valence-corrected chi connectivity index (χ2v) is 5.02. The minimum Gasteiger partial charge on any atom is -0.396 e. The maximum atomic E-state index is 6.05. The van der Waals surface area contributed by atoms with Crippen molar-refractivity contribution in [2.45, 2.75) is 19.4 Å². The molecule has 2 heterocycles. The van der Waals surface area contributed by atoms with Crippen LogP contribution in [0.15, 0.2) is 61.1 Å². The molecule has 4 nitrogen and oxygen atoms in total. The van der Waals surface area contributed by atoms with Gasteiger partial charge in [-0.25, -0.2) is 0 Å². The van der Waals surface area contributed by atoms with Crippen LogP contribution in [0.1, 0.15) is 12.0 Å². The Morgan fingerprint density at radius 1 is 1.00 bits per heavy atom. The standard InChI is InChI=1S/C17H18N4/c18-16-13-21(12-4-7-14-5-2-1-3-6-14)20-17(16)15-8-10-19-11-9-15/h1-3,5-6,8-11,13H,4,7,12,18H2. The van der Waals surface area contributed by atoms with E-state index in [1.165, 1.54) is 5.56 Å². The van der Waals surface area contributed by atoms with Gasteiger partial charge in [-0.15, -0.1) is 0 Å². The van der Waals surface area contributed by atoms with Crippen molar-refractivity contribution in [1.29, 1.82) is 0 Å². The van der Waals surface area contributed by atoms with E-state index in [0.29, 0.717) is 5.69 Å². The predicted molar refractivity (Wildman–Crippen MR) is 84.6 cm³/mol. The van der Waals surface area contributed by atoms with Crippen LogP contribution in [0.4, 0.5) is 5.69 Å². The van der Waals surface area contributed by atoms with E-state index >= 15 is 0 Å². The van der Waals surface area contributed by atoms with Crippen LogP contribution in [-0.4, -0.2) is 14.8 Å². The molecule has 21 heavy (non-hydrogen) atoms. The van der Waals surface area contributed by atoms with E-state index in [1.54, 1.807) is 12.4 Å². The van der Waals surface area contributed by atoms with E-state index in [2.05, 4.69) is 34.3 Å². The molecule has 0 radical (unpaired) electrons. The van der Waals surface area contributed by atoms with E-state index in [4.69, 9.17) is 5.73 Å². The number of benzene rings is 1. The first-order valence-corrected chi connectivity index (χ1v) is 7.10. The van der Waals surface area contributed by atoms with Crippen molar-refractivity contribution < 1.29 is 0 Å². The topological polar surface area (TPSA) is 56.7 Å². The Morgan fingerprint density at radius 2 is 1.76 bits per heavy atom. The van der Waals surface area contributed by atoms with Crippen LogP contribution in [0.5, 0.6) is 0 Å². The van der Waals surface area contributed by atoms with Crippen molar-refractivity contribution in [3.05, 3.63) is 66.6 Å². The summed E-state index contributed by atoms with van der Waals surface area (Å²) in [6.45, 7) is 0.865. The first-order valence-electron chi connectivity index (χ1n) is 7.10. The monoisotopic (exact) mass is 278 g/mol. The number of aromatic nitrogens is 3. The highest BCUT2D eigenvalue weighted by atomic mass is 15.3. The highest BCUT2D eigenvalue weighted by Gasteiger charge is 2.08. The molecular weight excluding hydrogens is 260 g/mol. The van der Waals surface area contributed by atoms with Gasteiger partial charge in [-0.3, -0.25) is 9.67 Å².